The lowest BCUT2D eigenvalue weighted by Gasteiger charge is -2.23. The third kappa shape index (κ3) is 0.989. The summed E-state index contributed by atoms with van der Waals surface area (Å²) in [6.45, 7) is 0.711. The summed E-state index contributed by atoms with van der Waals surface area (Å²) in [6, 6.07) is 1.99. The first-order chi connectivity index (χ1) is 6.80. The van der Waals surface area contributed by atoms with Gasteiger partial charge in [0.2, 0.25) is 0 Å². The van der Waals surface area contributed by atoms with E-state index in [2.05, 4.69) is 4.98 Å². The van der Waals surface area contributed by atoms with Crippen LogP contribution in [0.15, 0.2) is 12.3 Å². The number of hydrogen-bond acceptors (Lipinski definition) is 3. The maximum atomic E-state index is 5.93. The number of aromatic nitrogens is 1. The van der Waals surface area contributed by atoms with E-state index in [1.807, 2.05) is 12.3 Å². The minimum Gasteiger partial charge on any atom is -0.384 e. The van der Waals surface area contributed by atoms with Crippen LogP contribution in [-0.4, -0.2) is 4.98 Å². The maximum absolute atomic E-state index is 5.93. The topological polar surface area (TPSA) is 48.1 Å². The highest BCUT2D eigenvalue weighted by atomic mass is 16.5. The zero-order chi connectivity index (χ0) is 9.60. The lowest BCUT2D eigenvalue weighted by molar-refractivity contribution is -0.0325. The molecule has 1 saturated carbocycles. The average molecular weight is 190 g/mol. The molecule has 0 aromatic carbocycles. The summed E-state index contributed by atoms with van der Waals surface area (Å²) in [5.41, 5.74) is 8.22. The number of ether oxygens (including phenoxy) is 1. The van der Waals surface area contributed by atoms with Gasteiger partial charge < -0.3 is 10.5 Å². The Kier molecular flexibility index (Phi) is 1.59. The second kappa shape index (κ2) is 2.70. The van der Waals surface area contributed by atoms with Gasteiger partial charge in [0.1, 0.15) is 5.82 Å². The lowest BCUT2D eigenvalue weighted by atomic mass is 9.92. The molecule has 0 saturated heterocycles. The third-order valence-corrected chi connectivity index (χ3v) is 3.41. The lowest BCUT2D eigenvalue weighted by Crippen LogP contribution is -2.20. The standard InChI is InChI=1S/C11H14N2O/c12-10-5-9-8(6-13-10)7-14-11(9)3-1-2-4-11/h5-6H,1-4,7H2,(H2,12,13). The first-order valence-corrected chi connectivity index (χ1v) is 5.19. The molecule has 1 aromatic heterocycles. The van der Waals surface area contributed by atoms with Crippen LogP contribution in [0.5, 0.6) is 0 Å². The van der Waals surface area contributed by atoms with E-state index >= 15 is 0 Å². The van der Waals surface area contributed by atoms with E-state index in [4.69, 9.17) is 10.5 Å². The number of nitrogen functional groups attached to an aromatic ring is 1. The molecule has 2 aliphatic rings. The van der Waals surface area contributed by atoms with E-state index in [0.717, 1.165) is 12.8 Å². The number of rotatable bonds is 0. The molecule has 0 radical (unpaired) electrons. The van der Waals surface area contributed by atoms with Crippen molar-refractivity contribution in [3.05, 3.63) is 23.4 Å². The van der Waals surface area contributed by atoms with E-state index in [1.54, 1.807) is 0 Å². The van der Waals surface area contributed by atoms with E-state index in [9.17, 15) is 0 Å². The van der Waals surface area contributed by atoms with Gasteiger partial charge in [0.05, 0.1) is 12.2 Å². The minimum atomic E-state index is -0.00755. The molecule has 1 aliphatic carbocycles. The molecule has 2 heterocycles. The third-order valence-electron chi connectivity index (χ3n) is 3.41. The van der Waals surface area contributed by atoms with Crippen molar-refractivity contribution in [2.45, 2.75) is 37.9 Å². The summed E-state index contributed by atoms with van der Waals surface area (Å²) in [5.74, 6) is 0.612. The van der Waals surface area contributed by atoms with Gasteiger partial charge in [0.15, 0.2) is 0 Å². The second-order valence-electron chi connectivity index (χ2n) is 4.26. The summed E-state index contributed by atoms with van der Waals surface area (Å²) in [7, 11) is 0. The normalized spacial score (nSPS) is 22.9. The van der Waals surface area contributed by atoms with Crippen molar-refractivity contribution in [1.82, 2.24) is 4.98 Å². The van der Waals surface area contributed by atoms with Crippen molar-refractivity contribution in [3.8, 4) is 0 Å². The van der Waals surface area contributed by atoms with Crippen LogP contribution in [0.2, 0.25) is 0 Å². The fourth-order valence-electron chi connectivity index (χ4n) is 2.69. The Morgan fingerprint density at radius 3 is 2.93 bits per heavy atom. The number of hydrogen-bond donors (Lipinski definition) is 1. The van der Waals surface area contributed by atoms with Gasteiger partial charge in [-0.2, -0.15) is 0 Å². The summed E-state index contributed by atoms with van der Waals surface area (Å²) in [6.07, 6.45) is 6.67. The molecular formula is C11H14N2O. The Morgan fingerprint density at radius 2 is 2.14 bits per heavy atom. The molecule has 14 heavy (non-hydrogen) atoms. The molecule has 1 aromatic rings. The fourth-order valence-corrected chi connectivity index (χ4v) is 2.69. The summed E-state index contributed by atoms with van der Waals surface area (Å²) >= 11 is 0. The first-order valence-electron chi connectivity index (χ1n) is 5.19. The van der Waals surface area contributed by atoms with Crippen molar-refractivity contribution in [3.63, 3.8) is 0 Å². The van der Waals surface area contributed by atoms with Gasteiger partial charge in [-0.05, 0) is 24.5 Å². The highest BCUT2D eigenvalue weighted by Crippen LogP contribution is 2.48. The van der Waals surface area contributed by atoms with E-state index < -0.39 is 0 Å². The van der Waals surface area contributed by atoms with Gasteiger partial charge in [0.25, 0.3) is 0 Å². The molecule has 0 amide bonds. The highest BCUT2D eigenvalue weighted by molar-refractivity contribution is 5.42. The van der Waals surface area contributed by atoms with Gasteiger partial charge in [0, 0.05) is 11.8 Å². The van der Waals surface area contributed by atoms with Crippen molar-refractivity contribution >= 4 is 5.82 Å². The van der Waals surface area contributed by atoms with Gasteiger partial charge in [-0.25, -0.2) is 4.98 Å². The molecule has 3 heteroatoms. The van der Waals surface area contributed by atoms with Gasteiger partial charge >= 0.3 is 0 Å². The molecule has 0 atom stereocenters. The molecule has 0 bridgehead atoms. The van der Waals surface area contributed by atoms with Crippen LogP contribution in [-0.2, 0) is 16.9 Å². The number of nitrogens with two attached hydrogens (primary N) is 1. The van der Waals surface area contributed by atoms with Crippen LogP contribution in [0.4, 0.5) is 5.82 Å². The Morgan fingerprint density at radius 1 is 1.36 bits per heavy atom. The molecular weight excluding hydrogens is 176 g/mol. The van der Waals surface area contributed by atoms with Crippen LogP contribution >= 0.6 is 0 Å². The Hall–Kier alpha value is -1.09. The number of anilines is 1. The first kappa shape index (κ1) is 8.24. The second-order valence-corrected chi connectivity index (χ2v) is 4.26. The Bertz CT molecular complexity index is 370. The van der Waals surface area contributed by atoms with Crippen molar-refractivity contribution in [2.75, 3.05) is 5.73 Å². The Labute approximate surface area is 83.3 Å². The van der Waals surface area contributed by atoms with E-state index in [0.29, 0.717) is 12.4 Å². The summed E-state index contributed by atoms with van der Waals surface area (Å²) in [5, 5.41) is 0. The zero-order valence-corrected chi connectivity index (χ0v) is 8.12. The Balaban J connectivity index is 2.12. The van der Waals surface area contributed by atoms with Gasteiger partial charge in [-0.15, -0.1) is 0 Å². The quantitative estimate of drug-likeness (QED) is 0.680. The van der Waals surface area contributed by atoms with Crippen molar-refractivity contribution in [2.24, 2.45) is 0 Å². The average Bonchev–Trinajstić information content (AvgIpc) is 2.77. The largest absolute Gasteiger partial charge is 0.384 e. The van der Waals surface area contributed by atoms with Crippen LogP contribution in [0.3, 0.4) is 0 Å². The van der Waals surface area contributed by atoms with Crippen LogP contribution < -0.4 is 5.73 Å². The van der Waals surface area contributed by atoms with Crippen molar-refractivity contribution < 1.29 is 4.74 Å². The van der Waals surface area contributed by atoms with Crippen LogP contribution in [0.25, 0.3) is 0 Å². The SMILES string of the molecule is Nc1cc2c(cn1)COC21CCCC1. The smallest absolute Gasteiger partial charge is 0.123 e. The monoisotopic (exact) mass is 190 g/mol. The molecule has 3 rings (SSSR count). The predicted molar refractivity (Wildman–Crippen MR) is 53.6 cm³/mol. The molecule has 3 nitrogen and oxygen atoms in total. The van der Waals surface area contributed by atoms with E-state index in [-0.39, 0.29) is 5.60 Å². The number of pyridine rings is 1. The maximum Gasteiger partial charge on any atom is 0.123 e. The fraction of sp³-hybridized carbons (Fsp3) is 0.545. The van der Waals surface area contributed by atoms with Gasteiger partial charge in [-0.1, -0.05) is 12.8 Å². The molecule has 0 unspecified atom stereocenters. The molecule has 1 aliphatic heterocycles. The van der Waals surface area contributed by atoms with Gasteiger partial charge in [-0.3, -0.25) is 0 Å². The number of nitrogens with zero attached hydrogens (tertiary/aromatic N) is 1. The zero-order valence-electron chi connectivity index (χ0n) is 8.12. The van der Waals surface area contributed by atoms with Crippen LogP contribution in [0.1, 0.15) is 36.8 Å². The molecule has 2 N–H and O–H groups in total. The number of fused-ring (bicyclic) bond motifs is 2. The van der Waals surface area contributed by atoms with Crippen molar-refractivity contribution in [1.29, 1.82) is 0 Å². The molecule has 74 valence electrons. The highest BCUT2D eigenvalue weighted by Gasteiger charge is 2.42. The molecule has 1 fully saturated rings. The van der Waals surface area contributed by atoms with E-state index in [1.165, 1.54) is 24.0 Å². The summed E-state index contributed by atoms with van der Waals surface area (Å²) < 4.78 is 5.93. The molecule has 1 spiro atoms. The minimum absolute atomic E-state index is 0.00755. The van der Waals surface area contributed by atoms with Crippen LogP contribution in [0, 0.1) is 0 Å². The summed E-state index contributed by atoms with van der Waals surface area (Å²) in [4.78, 5) is 4.10. The predicted octanol–water partition coefficient (Wildman–Crippen LogP) is 1.96.